The zero-order valence-corrected chi connectivity index (χ0v) is 31.6. The summed E-state index contributed by atoms with van der Waals surface area (Å²) in [6.45, 7) is 2.52. The van der Waals surface area contributed by atoms with Gasteiger partial charge in [-0.05, 0) is 72.5 Å². The van der Waals surface area contributed by atoms with Crippen molar-refractivity contribution in [2.24, 2.45) is 0 Å². The summed E-state index contributed by atoms with van der Waals surface area (Å²) in [6, 6.07) is 0. The van der Waals surface area contributed by atoms with E-state index < -0.39 is 39.1 Å². The van der Waals surface area contributed by atoms with Gasteiger partial charge in [0.2, 0.25) is 0 Å². The van der Waals surface area contributed by atoms with Crippen LogP contribution in [0.15, 0.2) is 0 Å². The van der Waals surface area contributed by atoms with Gasteiger partial charge in [0.05, 0.1) is 14.4 Å². The summed E-state index contributed by atoms with van der Waals surface area (Å²) in [4.78, 5) is 45.5. The number of hydrogen-bond acceptors (Lipinski definition) is 8. The van der Waals surface area contributed by atoms with Gasteiger partial charge in [-0.2, -0.15) is 13.5 Å². The topological polar surface area (TPSA) is 125 Å². The Labute approximate surface area is 320 Å². The van der Waals surface area contributed by atoms with Crippen molar-refractivity contribution in [1.82, 2.24) is 0 Å². The fourth-order valence-corrected chi connectivity index (χ4v) is 3.42. The van der Waals surface area contributed by atoms with Crippen molar-refractivity contribution in [2.45, 2.75) is 97.0 Å². The molecule has 8 nitrogen and oxygen atoms in total. The summed E-state index contributed by atoms with van der Waals surface area (Å²) >= 11 is 0. The predicted octanol–water partition coefficient (Wildman–Crippen LogP) is -0.883. The summed E-state index contributed by atoms with van der Waals surface area (Å²) in [5.74, 6) is 27.1. The normalized spacial score (nSPS) is 9.30. The number of carbonyl (C=O) groups is 2. The number of ether oxygens (including phenoxy) is 2. The van der Waals surface area contributed by atoms with E-state index in [1.54, 1.807) is 6.92 Å². The minimum atomic E-state index is -5.31. The van der Waals surface area contributed by atoms with Gasteiger partial charge in [-0.3, -0.25) is 4.79 Å². The Morgan fingerprint density at radius 1 is 0.721 bits per heavy atom. The Morgan fingerprint density at radius 2 is 1.16 bits per heavy atom. The van der Waals surface area contributed by atoms with Gasteiger partial charge in [0.1, 0.15) is 6.61 Å². The van der Waals surface area contributed by atoms with Gasteiger partial charge in [0, 0.05) is 23.8 Å². The molecule has 0 aromatic rings. The molecule has 0 spiro atoms. The number of phosphoric acid groups is 1. The maximum atomic E-state index is 12.1. The van der Waals surface area contributed by atoms with Crippen molar-refractivity contribution in [3.63, 3.8) is 0 Å². The van der Waals surface area contributed by atoms with Crippen molar-refractivity contribution in [2.75, 3.05) is 13.2 Å². The number of phosphoric ester groups is 1. The second-order valence-corrected chi connectivity index (χ2v) is 9.52. The van der Waals surface area contributed by atoms with Crippen molar-refractivity contribution in [3.8, 4) is 71.0 Å². The fourth-order valence-electron chi connectivity index (χ4n) is 3.07. The average molecular weight is 663 g/mol. The van der Waals surface area contributed by atoms with Crippen LogP contribution >= 0.6 is 21.3 Å². The quantitative estimate of drug-likeness (QED) is 0.0463. The summed E-state index contributed by atoms with van der Waals surface area (Å²) < 4.78 is 25.0. The molecule has 0 aliphatic carbocycles. The van der Waals surface area contributed by atoms with Gasteiger partial charge >= 0.3 is 71.1 Å². The molecule has 0 saturated carbocycles. The first-order valence-electron chi connectivity index (χ1n) is 13.2. The van der Waals surface area contributed by atoms with Gasteiger partial charge in [0.25, 0.3) is 0 Å². The van der Waals surface area contributed by atoms with Crippen molar-refractivity contribution in [3.05, 3.63) is 0 Å². The Hall–Kier alpha value is -1.24. The summed E-state index contributed by atoms with van der Waals surface area (Å²) in [7, 11) is -5.31. The molecule has 0 amide bonds. The van der Waals surface area contributed by atoms with E-state index in [9.17, 15) is 23.9 Å². The third-order valence-corrected chi connectivity index (χ3v) is 5.42. The smallest absolute Gasteiger partial charge is 0.790 e. The van der Waals surface area contributed by atoms with E-state index in [4.69, 9.17) is 9.47 Å². The molecule has 0 aliphatic heterocycles. The first-order valence-corrected chi connectivity index (χ1v) is 14.7. The van der Waals surface area contributed by atoms with Crippen LogP contribution in [0, 0.1) is 71.0 Å². The van der Waals surface area contributed by atoms with Crippen LogP contribution < -0.4 is 68.9 Å². The molecule has 0 aromatic carbocycles. The summed E-state index contributed by atoms with van der Waals surface area (Å²) in [5, 5.41) is 0. The van der Waals surface area contributed by atoms with Crippen LogP contribution in [0.5, 0.6) is 0 Å². The molecule has 0 unspecified atom stereocenters. The molecule has 0 radical (unpaired) electrons. The van der Waals surface area contributed by atoms with E-state index in [0.717, 1.165) is 19.3 Å². The Kier molecular flexibility index (Phi) is 39.9. The molecule has 12 heteroatoms. The van der Waals surface area contributed by atoms with Crippen LogP contribution in [0.2, 0.25) is 0 Å². The monoisotopic (exact) mass is 662 g/mol. The largest absolute Gasteiger partial charge is 1.00 e. The van der Waals surface area contributed by atoms with Gasteiger partial charge in [-0.25, -0.2) is 4.79 Å². The summed E-state index contributed by atoms with van der Waals surface area (Å²) in [6.07, 6.45) is 11.2. The third-order valence-electron chi connectivity index (χ3n) is 4.95. The van der Waals surface area contributed by atoms with Crippen LogP contribution in [-0.4, -0.2) is 31.3 Å². The summed E-state index contributed by atoms with van der Waals surface area (Å²) in [5.41, 5.74) is 0. The molecule has 0 aliphatic rings. The average Bonchev–Trinajstić information content (AvgIpc) is 2.91. The molecule has 0 heterocycles. The molecule has 1 atom stereocenters. The van der Waals surface area contributed by atoms with Crippen LogP contribution in [0.4, 0.5) is 0 Å². The standard InChI is InChI=1S/C31H37O8P.2Na.H2S.8H2/c1-3-5-7-9-11-13-15-17-19-21-23-25-30(32)37-27-29(28-38-40(34,35)36)39-31(33)26-24-22-20-18-16-14-12-10-8-6-4-2;;;;;;;;;;;/h29H,4,6,8,10,12,14,16,18,20,22,24,26-28H2,1-2H3,(H2,34,35,36);;;1H2;8*1H/q;2*+1;;;;;;;;;/p-2/t29-;;;;;;;;;;;/m1.........../s1. The second-order valence-electron chi connectivity index (χ2n) is 8.36. The number of carbonyl (C=O) groups excluding carboxylic acids is 2. The van der Waals surface area contributed by atoms with Crippen LogP contribution in [-0.2, 0) is 28.2 Å². The zero-order valence-electron chi connectivity index (χ0n) is 25.7. The van der Waals surface area contributed by atoms with Gasteiger partial charge in [0.15, 0.2) is 6.10 Å². The van der Waals surface area contributed by atoms with Gasteiger partial charge in [-0.15, -0.1) is 0 Å². The molecule has 0 rings (SSSR count). The molecular formula is C31H53Na2O8PS. The first-order chi connectivity index (χ1) is 19.3. The molecule has 0 aromatic heterocycles. The third kappa shape index (κ3) is 38.7. The molecule has 0 bridgehead atoms. The SMILES string of the molecule is CC#CC#CC#CC#CC#CC#CC(=O)OC[C@H](COP(=O)([O-])[O-])OC(=O)CCCCCCCCCCCCC.S.[HH].[HH].[HH].[HH].[HH].[HH].[HH].[HH].[Na+].[Na+]. The Bertz CT molecular complexity index is 1240. The van der Waals surface area contributed by atoms with E-state index >= 15 is 0 Å². The number of esters is 2. The molecular weight excluding hydrogens is 609 g/mol. The van der Waals surface area contributed by atoms with E-state index in [2.05, 4.69) is 82.5 Å². The maximum absolute atomic E-state index is 12.1. The van der Waals surface area contributed by atoms with Crippen molar-refractivity contribution in [1.29, 1.82) is 0 Å². The zero-order chi connectivity index (χ0) is 29.7. The first kappa shape index (κ1) is 48.7. The van der Waals surface area contributed by atoms with Gasteiger partial charge in [-0.1, -0.05) is 77.1 Å². The van der Waals surface area contributed by atoms with Crippen LogP contribution in [0.1, 0.15) is 102 Å². The predicted molar refractivity (Wildman–Crippen MR) is 175 cm³/mol. The van der Waals surface area contributed by atoms with Crippen molar-refractivity contribution >= 4 is 33.3 Å². The minimum Gasteiger partial charge on any atom is -0.790 e. The second kappa shape index (κ2) is 35.2. The van der Waals surface area contributed by atoms with E-state index in [-0.39, 0.29) is 90.4 Å². The number of unbranched alkanes of at least 4 members (excludes halogenated alkanes) is 10. The Balaban J connectivity index is -0.000000138. The van der Waals surface area contributed by atoms with Crippen LogP contribution in [0.3, 0.4) is 0 Å². The van der Waals surface area contributed by atoms with E-state index in [0.29, 0.717) is 6.42 Å². The minimum absolute atomic E-state index is 0. The van der Waals surface area contributed by atoms with E-state index in [1.807, 2.05) is 0 Å². The van der Waals surface area contributed by atoms with Crippen molar-refractivity contribution < 1.29 is 108 Å². The molecule has 0 N–H and O–H groups in total. The number of rotatable bonds is 18. The Morgan fingerprint density at radius 3 is 1.63 bits per heavy atom. The van der Waals surface area contributed by atoms with Crippen LogP contribution in [0.25, 0.3) is 0 Å². The molecule has 0 saturated heterocycles. The maximum Gasteiger partial charge on any atom is 1.00 e. The van der Waals surface area contributed by atoms with Gasteiger partial charge < -0.3 is 28.3 Å². The fraction of sp³-hybridized carbons (Fsp3) is 0.548. The van der Waals surface area contributed by atoms with E-state index in [1.165, 1.54) is 44.9 Å². The molecule has 0 fully saturated rings. The molecule has 43 heavy (non-hydrogen) atoms. The molecule has 238 valence electrons. The number of hydrogen-bond donors (Lipinski definition) is 0.